The number of aryl methyl sites for hydroxylation is 1. The van der Waals surface area contributed by atoms with Crippen molar-refractivity contribution >= 4 is 23.1 Å². The summed E-state index contributed by atoms with van der Waals surface area (Å²) < 4.78 is 2.79. The van der Waals surface area contributed by atoms with Crippen molar-refractivity contribution in [1.29, 1.82) is 0 Å². The first kappa shape index (κ1) is 10.8. The van der Waals surface area contributed by atoms with Gasteiger partial charge in [-0.05, 0) is 6.92 Å². The smallest absolute Gasteiger partial charge is 0.349 e. The zero-order valence-corrected chi connectivity index (χ0v) is 10.0. The number of aromatic nitrogens is 6. The van der Waals surface area contributed by atoms with E-state index in [1.807, 2.05) is 0 Å². The third-order valence-corrected chi connectivity index (χ3v) is 2.78. The molecule has 0 fully saturated rings. The molecule has 0 radical (unpaired) electrons. The van der Waals surface area contributed by atoms with Crippen LogP contribution in [0.5, 0.6) is 0 Å². The molecular formula is C9H8ClN7O. The molecule has 3 N–H and O–H groups in total. The van der Waals surface area contributed by atoms with Gasteiger partial charge in [-0.3, -0.25) is 0 Å². The van der Waals surface area contributed by atoms with Crippen molar-refractivity contribution in [2.75, 3.05) is 5.73 Å². The van der Waals surface area contributed by atoms with E-state index in [0.717, 1.165) is 0 Å². The molecule has 3 rings (SSSR count). The Morgan fingerprint density at radius 1 is 1.50 bits per heavy atom. The van der Waals surface area contributed by atoms with Gasteiger partial charge in [0.05, 0.1) is 6.20 Å². The van der Waals surface area contributed by atoms with E-state index in [1.165, 1.54) is 9.08 Å². The Morgan fingerprint density at radius 3 is 2.94 bits per heavy atom. The fourth-order valence-electron chi connectivity index (χ4n) is 1.68. The zero-order valence-electron chi connectivity index (χ0n) is 9.25. The van der Waals surface area contributed by atoms with Gasteiger partial charge < -0.3 is 5.73 Å². The number of H-pyrrole nitrogens is 1. The van der Waals surface area contributed by atoms with Crippen molar-refractivity contribution in [3.05, 3.63) is 33.6 Å². The van der Waals surface area contributed by atoms with E-state index in [-0.39, 0.29) is 11.5 Å². The molecule has 0 atom stereocenters. The second-order valence-electron chi connectivity index (χ2n) is 3.69. The number of hydrogen-bond acceptors (Lipinski definition) is 5. The lowest BCUT2D eigenvalue weighted by Crippen LogP contribution is -2.14. The van der Waals surface area contributed by atoms with Crippen LogP contribution >= 0.6 is 11.6 Å². The Labute approximate surface area is 105 Å². The topological polar surface area (TPSA) is 107 Å². The van der Waals surface area contributed by atoms with Gasteiger partial charge in [-0.2, -0.15) is 5.10 Å². The maximum absolute atomic E-state index is 11.4. The average Bonchev–Trinajstić information content (AvgIpc) is 2.84. The first-order valence-electron chi connectivity index (χ1n) is 5.02. The molecule has 9 heteroatoms. The number of nitrogens with one attached hydrogen (secondary N) is 1. The second-order valence-corrected chi connectivity index (χ2v) is 4.10. The summed E-state index contributed by atoms with van der Waals surface area (Å²) in [6.45, 7) is 1.70. The van der Waals surface area contributed by atoms with Gasteiger partial charge in [-0.15, -0.1) is 5.10 Å². The number of nitrogens with zero attached hydrogens (tertiary/aromatic N) is 5. The second kappa shape index (κ2) is 3.57. The molecule has 0 aliphatic carbocycles. The molecule has 18 heavy (non-hydrogen) atoms. The number of hydrogen-bond donors (Lipinski definition) is 2. The summed E-state index contributed by atoms with van der Waals surface area (Å²) in [5, 5.41) is 10.6. The van der Waals surface area contributed by atoms with Gasteiger partial charge in [0.15, 0.2) is 17.3 Å². The van der Waals surface area contributed by atoms with Crippen LogP contribution in [0.4, 0.5) is 5.82 Å². The lowest BCUT2D eigenvalue weighted by Gasteiger charge is -2.02. The van der Waals surface area contributed by atoms with Crippen molar-refractivity contribution in [3.8, 4) is 5.82 Å². The molecule has 0 spiro atoms. The summed E-state index contributed by atoms with van der Waals surface area (Å²) >= 11 is 5.83. The van der Waals surface area contributed by atoms with Crippen LogP contribution in [0.25, 0.3) is 11.5 Å². The summed E-state index contributed by atoms with van der Waals surface area (Å²) in [5.74, 6) is 1.19. The molecule has 0 saturated heterocycles. The van der Waals surface area contributed by atoms with Gasteiger partial charge in [0.1, 0.15) is 10.8 Å². The highest BCUT2D eigenvalue weighted by Gasteiger charge is 2.10. The van der Waals surface area contributed by atoms with Crippen LogP contribution in [0.1, 0.15) is 5.82 Å². The maximum atomic E-state index is 11.4. The molecule has 0 aliphatic rings. The van der Waals surface area contributed by atoms with Crippen molar-refractivity contribution in [1.82, 2.24) is 29.4 Å². The molecule has 0 aromatic carbocycles. The molecule has 3 aromatic heterocycles. The number of nitrogens with two attached hydrogens (primary N) is 1. The number of nitrogen functional groups attached to an aromatic ring is 1. The van der Waals surface area contributed by atoms with Crippen LogP contribution in [0.3, 0.4) is 0 Å². The van der Waals surface area contributed by atoms with E-state index in [1.54, 1.807) is 19.2 Å². The van der Waals surface area contributed by atoms with Crippen LogP contribution in [0.2, 0.25) is 5.02 Å². The van der Waals surface area contributed by atoms with Crippen molar-refractivity contribution < 1.29 is 0 Å². The van der Waals surface area contributed by atoms with E-state index >= 15 is 0 Å². The summed E-state index contributed by atoms with van der Waals surface area (Å²) in [5.41, 5.74) is 5.68. The number of fused-ring (bicyclic) bond motifs is 1. The molecule has 8 nitrogen and oxygen atoms in total. The highest BCUT2D eigenvalue weighted by atomic mass is 35.5. The van der Waals surface area contributed by atoms with E-state index in [9.17, 15) is 4.79 Å². The third-order valence-electron chi connectivity index (χ3n) is 2.49. The van der Waals surface area contributed by atoms with Gasteiger partial charge in [0.2, 0.25) is 0 Å². The lowest BCUT2D eigenvalue weighted by molar-refractivity contribution is 0.821. The van der Waals surface area contributed by atoms with Crippen LogP contribution in [-0.2, 0) is 0 Å². The Bertz CT molecular complexity index is 779. The van der Waals surface area contributed by atoms with E-state index < -0.39 is 0 Å². The molecule has 3 aromatic rings. The Kier molecular flexibility index (Phi) is 2.14. The molecule has 0 unspecified atom stereocenters. The van der Waals surface area contributed by atoms with Crippen LogP contribution in [-0.4, -0.2) is 29.4 Å². The Balaban J connectivity index is 2.27. The van der Waals surface area contributed by atoms with Gasteiger partial charge >= 0.3 is 5.69 Å². The summed E-state index contributed by atoms with van der Waals surface area (Å²) in [6.07, 6.45) is 1.54. The minimum absolute atomic E-state index is 0.218. The highest BCUT2D eigenvalue weighted by Crippen LogP contribution is 2.18. The van der Waals surface area contributed by atoms with E-state index in [4.69, 9.17) is 17.3 Å². The van der Waals surface area contributed by atoms with Crippen molar-refractivity contribution in [3.63, 3.8) is 0 Å². The number of anilines is 1. The fourth-order valence-corrected chi connectivity index (χ4v) is 1.81. The highest BCUT2D eigenvalue weighted by molar-refractivity contribution is 6.32. The lowest BCUT2D eigenvalue weighted by atomic mass is 10.5. The van der Waals surface area contributed by atoms with E-state index in [0.29, 0.717) is 22.3 Å². The molecule has 0 aliphatic heterocycles. The Hall–Kier alpha value is -2.35. The Morgan fingerprint density at radius 2 is 2.28 bits per heavy atom. The van der Waals surface area contributed by atoms with Crippen molar-refractivity contribution in [2.45, 2.75) is 6.92 Å². The van der Waals surface area contributed by atoms with E-state index in [2.05, 4.69) is 20.3 Å². The molecule has 0 amide bonds. The first-order chi connectivity index (χ1) is 8.56. The van der Waals surface area contributed by atoms with Crippen LogP contribution < -0.4 is 11.4 Å². The maximum Gasteiger partial charge on any atom is 0.349 e. The van der Waals surface area contributed by atoms with Crippen LogP contribution in [0, 0.1) is 6.92 Å². The standard InChI is InChI=1S/C9H8ClN7O/c1-4-12-6(16-3-5(10)8(11)15-16)2-7-13-14-9(18)17(4)7/h2-3H,1H3,(H2,11,15)(H,14,18). The molecule has 3 heterocycles. The minimum Gasteiger partial charge on any atom is -0.381 e. The number of rotatable bonds is 1. The zero-order chi connectivity index (χ0) is 12.9. The average molecular weight is 266 g/mol. The largest absolute Gasteiger partial charge is 0.381 e. The SMILES string of the molecule is Cc1nc(-n2cc(Cl)c(N)n2)cc2n[nH]c(=O)n12. The van der Waals surface area contributed by atoms with Gasteiger partial charge in [0, 0.05) is 6.07 Å². The first-order valence-corrected chi connectivity index (χ1v) is 5.40. The summed E-state index contributed by atoms with van der Waals surface area (Å²) in [6, 6.07) is 1.60. The summed E-state index contributed by atoms with van der Waals surface area (Å²) in [4.78, 5) is 15.7. The van der Waals surface area contributed by atoms with Gasteiger partial charge in [0.25, 0.3) is 0 Å². The van der Waals surface area contributed by atoms with Crippen LogP contribution in [0.15, 0.2) is 17.1 Å². The monoisotopic (exact) mass is 265 g/mol. The number of halogens is 1. The predicted octanol–water partition coefficient (Wildman–Crippen LogP) is 0.147. The molecule has 0 bridgehead atoms. The van der Waals surface area contributed by atoms with Crippen molar-refractivity contribution in [2.24, 2.45) is 0 Å². The summed E-state index contributed by atoms with van der Waals surface area (Å²) in [7, 11) is 0. The molecule has 92 valence electrons. The molecular weight excluding hydrogens is 258 g/mol. The van der Waals surface area contributed by atoms with Gasteiger partial charge in [-0.25, -0.2) is 24.0 Å². The third kappa shape index (κ3) is 1.46. The fraction of sp³-hybridized carbons (Fsp3) is 0.111. The predicted molar refractivity (Wildman–Crippen MR) is 64.9 cm³/mol. The normalized spacial score (nSPS) is 11.2. The molecule has 0 saturated carbocycles. The number of aromatic amines is 1. The minimum atomic E-state index is -0.334. The quantitative estimate of drug-likeness (QED) is 0.651. The van der Waals surface area contributed by atoms with Gasteiger partial charge in [-0.1, -0.05) is 11.6 Å².